The Morgan fingerprint density at radius 2 is 2.32 bits per heavy atom. The number of aromatic nitrogens is 2. The Kier molecular flexibility index (Phi) is 3.28. The van der Waals surface area contributed by atoms with E-state index >= 15 is 0 Å². The average Bonchev–Trinajstić information content (AvgIpc) is 2.85. The first-order valence-electron chi connectivity index (χ1n) is 6.57. The van der Waals surface area contributed by atoms with Crippen LogP contribution in [0.25, 0.3) is 10.2 Å². The molecule has 0 aliphatic carbocycles. The standard InChI is InChI=1S/C13H19N5S/c1-17-6-3-4-9(8-17)18(2)11-10-5-7-19-12(10)16-13(14)15-11/h5,7,9H,3-4,6,8H2,1-2H3,(H2,14,15,16). The number of rotatable bonds is 2. The summed E-state index contributed by atoms with van der Waals surface area (Å²) in [7, 11) is 4.29. The fourth-order valence-electron chi connectivity index (χ4n) is 2.75. The van der Waals surface area contributed by atoms with E-state index in [4.69, 9.17) is 5.73 Å². The van der Waals surface area contributed by atoms with E-state index in [1.165, 1.54) is 19.4 Å². The largest absolute Gasteiger partial charge is 0.368 e. The van der Waals surface area contributed by atoms with Crippen molar-refractivity contribution < 1.29 is 0 Å². The van der Waals surface area contributed by atoms with E-state index in [9.17, 15) is 0 Å². The molecule has 0 aromatic carbocycles. The summed E-state index contributed by atoms with van der Waals surface area (Å²) in [5.74, 6) is 1.32. The molecule has 3 rings (SSSR count). The van der Waals surface area contributed by atoms with Crippen molar-refractivity contribution in [2.24, 2.45) is 0 Å². The lowest BCUT2D eigenvalue weighted by molar-refractivity contribution is 0.247. The second-order valence-corrected chi connectivity index (χ2v) is 6.11. The average molecular weight is 277 g/mol. The number of nitrogens with zero attached hydrogens (tertiary/aromatic N) is 4. The van der Waals surface area contributed by atoms with Crippen molar-refractivity contribution in [3.63, 3.8) is 0 Å². The smallest absolute Gasteiger partial charge is 0.223 e. The summed E-state index contributed by atoms with van der Waals surface area (Å²) in [4.78, 5) is 14.4. The SMILES string of the molecule is CN1CCCC(N(C)c2nc(N)nc3sccc23)C1. The quantitative estimate of drug-likeness (QED) is 0.907. The highest BCUT2D eigenvalue weighted by Crippen LogP contribution is 2.30. The van der Waals surface area contributed by atoms with E-state index in [1.54, 1.807) is 11.3 Å². The molecule has 2 aromatic rings. The lowest BCUT2D eigenvalue weighted by atomic mass is 10.0. The molecule has 1 fully saturated rings. The van der Waals surface area contributed by atoms with Crippen LogP contribution in [0.15, 0.2) is 11.4 Å². The van der Waals surface area contributed by atoms with Gasteiger partial charge in [-0.05, 0) is 37.9 Å². The number of nitrogens with two attached hydrogens (primary N) is 1. The minimum Gasteiger partial charge on any atom is -0.368 e. The molecule has 0 amide bonds. The van der Waals surface area contributed by atoms with E-state index in [0.29, 0.717) is 12.0 Å². The van der Waals surface area contributed by atoms with Crippen LogP contribution >= 0.6 is 11.3 Å². The fourth-order valence-corrected chi connectivity index (χ4v) is 3.52. The molecule has 5 nitrogen and oxygen atoms in total. The van der Waals surface area contributed by atoms with Gasteiger partial charge in [-0.3, -0.25) is 0 Å². The van der Waals surface area contributed by atoms with Crippen LogP contribution in [0.3, 0.4) is 0 Å². The van der Waals surface area contributed by atoms with E-state index in [0.717, 1.165) is 22.6 Å². The first-order valence-corrected chi connectivity index (χ1v) is 7.45. The molecule has 1 atom stereocenters. The summed E-state index contributed by atoms with van der Waals surface area (Å²) in [6.07, 6.45) is 2.44. The molecule has 1 unspecified atom stereocenters. The van der Waals surface area contributed by atoms with Crippen molar-refractivity contribution in [2.75, 3.05) is 37.8 Å². The highest BCUT2D eigenvalue weighted by Gasteiger charge is 2.23. The monoisotopic (exact) mass is 277 g/mol. The molecule has 2 N–H and O–H groups in total. The maximum Gasteiger partial charge on any atom is 0.223 e. The maximum absolute atomic E-state index is 5.83. The molecule has 0 radical (unpaired) electrons. The zero-order valence-corrected chi connectivity index (χ0v) is 12.2. The van der Waals surface area contributed by atoms with Gasteiger partial charge in [0.2, 0.25) is 5.95 Å². The van der Waals surface area contributed by atoms with Gasteiger partial charge in [-0.15, -0.1) is 11.3 Å². The van der Waals surface area contributed by atoms with Crippen LogP contribution in [-0.4, -0.2) is 48.1 Å². The number of anilines is 2. The van der Waals surface area contributed by atoms with Crippen molar-refractivity contribution in [1.29, 1.82) is 0 Å². The summed E-state index contributed by atoms with van der Waals surface area (Å²) in [6.45, 7) is 2.26. The third-order valence-electron chi connectivity index (χ3n) is 3.80. The van der Waals surface area contributed by atoms with Crippen LogP contribution in [0.2, 0.25) is 0 Å². The Morgan fingerprint density at radius 1 is 1.47 bits per heavy atom. The third-order valence-corrected chi connectivity index (χ3v) is 4.61. The van der Waals surface area contributed by atoms with Crippen molar-refractivity contribution in [2.45, 2.75) is 18.9 Å². The van der Waals surface area contributed by atoms with Crippen molar-refractivity contribution >= 4 is 33.3 Å². The molecule has 1 saturated heterocycles. The van der Waals surface area contributed by atoms with Crippen LogP contribution in [0.5, 0.6) is 0 Å². The molecule has 0 bridgehead atoms. The van der Waals surface area contributed by atoms with Gasteiger partial charge in [-0.2, -0.15) is 4.98 Å². The van der Waals surface area contributed by atoms with E-state index < -0.39 is 0 Å². The van der Waals surface area contributed by atoms with Crippen LogP contribution in [0, 0.1) is 0 Å². The molecule has 1 aliphatic heterocycles. The van der Waals surface area contributed by atoms with Crippen LogP contribution in [0.4, 0.5) is 11.8 Å². The number of fused-ring (bicyclic) bond motifs is 1. The van der Waals surface area contributed by atoms with Crippen LogP contribution in [-0.2, 0) is 0 Å². The lowest BCUT2D eigenvalue weighted by Crippen LogP contribution is -2.45. The molecule has 1 aliphatic rings. The predicted molar refractivity (Wildman–Crippen MR) is 80.7 cm³/mol. The number of hydrogen-bond acceptors (Lipinski definition) is 6. The summed E-state index contributed by atoms with van der Waals surface area (Å²) in [5.41, 5.74) is 5.83. The first kappa shape index (κ1) is 12.6. The number of nitrogen functional groups attached to an aromatic ring is 1. The van der Waals surface area contributed by atoms with Gasteiger partial charge in [0, 0.05) is 19.6 Å². The van der Waals surface area contributed by atoms with Gasteiger partial charge >= 0.3 is 0 Å². The van der Waals surface area contributed by atoms with Crippen molar-refractivity contribution in [3.8, 4) is 0 Å². The molecule has 2 aromatic heterocycles. The topological polar surface area (TPSA) is 58.3 Å². The molecule has 0 saturated carbocycles. The molecular weight excluding hydrogens is 258 g/mol. The Bertz CT molecular complexity index is 581. The lowest BCUT2D eigenvalue weighted by Gasteiger charge is -2.36. The van der Waals surface area contributed by atoms with Gasteiger partial charge in [0.1, 0.15) is 10.6 Å². The highest BCUT2D eigenvalue weighted by atomic mass is 32.1. The molecule has 0 spiro atoms. The fraction of sp³-hybridized carbons (Fsp3) is 0.538. The minimum absolute atomic E-state index is 0.362. The van der Waals surface area contributed by atoms with E-state index in [2.05, 4.69) is 39.9 Å². The predicted octanol–water partition coefficient (Wildman–Crippen LogP) is 1.80. The number of thiophene rings is 1. The highest BCUT2D eigenvalue weighted by molar-refractivity contribution is 7.16. The van der Waals surface area contributed by atoms with E-state index in [-0.39, 0.29) is 0 Å². The van der Waals surface area contributed by atoms with Gasteiger partial charge in [-0.1, -0.05) is 0 Å². The maximum atomic E-state index is 5.83. The summed E-state index contributed by atoms with van der Waals surface area (Å²) in [6, 6.07) is 2.58. The Labute approximate surface area is 117 Å². The van der Waals surface area contributed by atoms with Gasteiger partial charge in [0.05, 0.1) is 5.39 Å². The van der Waals surface area contributed by atoms with Gasteiger partial charge in [0.25, 0.3) is 0 Å². The Morgan fingerprint density at radius 3 is 3.11 bits per heavy atom. The van der Waals surface area contributed by atoms with Crippen LogP contribution in [0.1, 0.15) is 12.8 Å². The molecule has 6 heteroatoms. The molecular formula is C13H19N5S. The van der Waals surface area contributed by atoms with Gasteiger partial charge in [0.15, 0.2) is 0 Å². The summed E-state index contributed by atoms with van der Waals surface area (Å²) < 4.78 is 0. The second-order valence-electron chi connectivity index (χ2n) is 5.21. The molecule has 19 heavy (non-hydrogen) atoms. The Hall–Kier alpha value is -1.40. The van der Waals surface area contributed by atoms with Gasteiger partial charge < -0.3 is 15.5 Å². The first-order chi connectivity index (χ1) is 9.15. The Balaban J connectivity index is 1.96. The van der Waals surface area contributed by atoms with Gasteiger partial charge in [-0.25, -0.2) is 4.98 Å². The minimum atomic E-state index is 0.362. The number of hydrogen-bond donors (Lipinski definition) is 1. The second kappa shape index (κ2) is 4.94. The van der Waals surface area contributed by atoms with Crippen LogP contribution < -0.4 is 10.6 Å². The number of piperidine rings is 1. The zero-order chi connectivity index (χ0) is 13.4. The summed E-state index contributed by atoms with van der Waals surface area (Å²) >= 11 is 1.61. The number of likely N-dealkylation sites (N-methyl/N-ethyl adjacent to an activating group) is 2. The van der Waals surface area contributed by atoms with Crippen molar-refractivity contribution in [3.05, 3.63) is 11.4 Å². The summed E-state index contributed by atoms with van der Waals surface area (Å²) in [5, 5.41) is 3.15. The normalized spacial score (nSPS) is 20.8. The zero-order valence-electron chi connectivity index (χ0n) is 11.3. The molecule has 102 valence electrons. The molecule has 3 heterocycles. The number of likely N-dealkylation sites (tertiary alicyclic amines) is 1. The van der Waals surface area contributed by atoms with E-state index in [1.807, 2.05) is 5.38 Å². The van der Waals surface area contributed by atoms with Crippen molar-refractivity contribution in [1.82, 2.24) is 14.9 Å². The third kappa shape index (κ3) is 2.37.